The number of hydrogen-bond acceptors (Lipinski definition) is 7. The van der Waals surface area contributed by atoms with Gasteiger partial charge in [0.1, 0.15) is 5.56 Å². The number of carbonyl (C=O) groups is 2. The van der Waals surface area contributed by atoms with Crippen molar-refractivity contribution >= 4 is 28.5 Å². The number of fused-ring (bicyclic) bond motifs is 1. The van der Waals surface area contributed by atoms with Gasteiger partial charge in [-0.25, -0.2) is 9.78 Å². The largest absolute Gasteiger partial charge is 0.477 e. The second-order valence-corrected chi connectivity index (χ2v) is 10.0. The maximum Gasteiger partial charge on any atom is 0.345 e. The molecule has 1 aliphatic heterocycles. The molecular formula is C30H38N4O4. The van der Waals surface area contributed by atoms with Crippen molar-refractivity contribution in [2.75, 3.05) is 64.9 Å². The predicted molar refractivity (Wildman–Crippen MR) is 150 cm³/mol. The number of anilines is 1. The van der Waals surface area contributed by atoms with Crippen LogP contribution in [0.15, 0.2) is 42.5 Å². The highest BCUT2D eigenvalue weighted by molar-refractivity contribution is 6.07. The van der Waals surface area contributed by atoms with Crippen molar-refractivity contribution in [1.29, 1.82) is 0 Å². The molecule has 0 unspecified atom stereocenters. The van der Waals surface area contributed by atoms with E-state index >= 15 is 0 Å². The van der Waals surface area contributed by atoms with E-state index in [0.717, 1.165) is 40.7 Å². The van der Waals surface area contributed by atoms with Gasteiger partial charge in [-0.3, -0.25) is 4.79 Å². The molecule has 202 valence electrons. The minimum Gasteiger partial charge on any atom is -0.477 e. The number of ether oxygens (including phenoxy) is 2. The molecule has 1 aromatic heterocycles. The Labute approximate surface area is 225 Å². The summed E-state index contributed by atoms with van der Waals surface area (Å²) in [7, 11) is 4.03. The van der Waals surface area contributed by atoms with Crippen LogP contribution in [0.2, 0.25) is 0 Å². The maximum absolute atomic E-state index is 13.3. The van der Waals surface area contributed by atoms with E-state index in [0.29, 0.717) is 49.8 Å². The van der Waals surface area contributed by atoms with E-state index in [4.69, 9.17) is 14.5 Å². The summed E-state index contributed by atoms with van der Waals surface area (Å²) in [5, 5.41) is 0.881. The van der Waals surface area contributed by atoms with Gasteiger partial charge in [-0.05, 0) is 65.6 Å². The van der Waals surface area contributed by atoms with Crippen LogP contribution in [-0.2, 0) is 4.74 Å². The maximum atomic E-state index is 13.3. The SMILES string of the molecule is CCOC(=O)c1c(OCCCN(C)C)nc2ccc(C)cc2c1N1CCN(C(=O)c2ccc(C)cc2)CC1. The normalized spacial score (nSPS) is 13.7. The first kappa shape index (κ1) is 27.4. The minimum atomic E-state index is -0.445. The molecular weight excluding hydrogens is 480 g/mol. The number of rotatable bonds is 9. The number of hydrogen-bond donors (Lipinski definition) is 0. The minimum absolute atomic E-state index is 0.0237. The molecule has 1 amide bonds. The summed E-state index contributed by atoms with van der Waals surface area (Å²) in [6, 6.07) is 13.7. The second-order valence-electron chi connectivity index (χ2n) is 10.0. The summed E-state index contributed by atoms with van der Waals surface area (Å²) in [5.74, 6) is -0.124. The number of aryl methyl sites for hydroxylation is 2. The molecule has 0 N–H and O–H groups in total. The van der Waals surface area contributed by atoms with Crippen molar-refractivity contribution < 1.29 is 19.1 Å². The van der Waals surface area contributed by atoms with Crippen LogP contribution in [0.3, 0.4) is 0 Å². The molecule has 2 aromatic carbocycles. The summed E-state index contributed by atoms with van der Waals surface area (Å²) in [5.41, 5.74) is 4.77. The third-order valence-electron chi connectivity index (χ3n) is 6.73. The first-order chi connectivity index (χ1) is 18.3. The Kier molecular flexibility index (Phi) is 8.84. The molecule has 4 rings (SSSR count). The molecule has 1 saturated heterocycles. The fourth-order valence-electron chi connectivity index (χ4n) is 4.72. The molecule has 8 nitrogen and oxygen atoms in total. The van der Waals surface area contributed by atoms with Gasteiger partial charge >= 0.3 is 5.97 Å². The van der Waals surface area contributed by atoms with Crippen molar-refractivity contribution in [3.63, 3.8) is 0 Å². The average Bonchev–Trinajstić information content (AvgIpc) is 2.90. The zero-order valence-electron chi connectivity index (χ0n) is 23.1. The van der Waals surface area contributed by atoms with Gasteiger partial charge in [-0.2, -0.15) is 0 Å². The number of carbonyl (C=O) groups excluding carboxylic acids is 2. The molecule has 0 atom stereocenters. The highest BCUT2D eigenvalue weighted by Crippen LogP contribution is 2.37. The zero-order valence-corrected chi connectivity index (χ0v) is 23.1. The summed E-state index contributed by atoms with van der Waals surface area (Å²) in [6.07, 6.45) is 0.804. The quantitative estimate of drug-likeness (QED) is 0.308. The summed E-state index contributed by atoms with van der Waals surface area (Å²) in [4.78, 5) is 37.3. The monoisotopic (exact) mass is 518 g/mol. The highest BCUT2D eigenvalue weighted by atomic mass is 16.5. The highest BCUT2D eigenvalue weighted by Gasteiger charge is 2.30. The van der Waals surface area contributed by atoms with Gasteiger partial charge in [0.2, 0.25) is 5.88 Å². The van der Waals surface area contributed by atoms with Crippen LogP contribution < -0.4 is 9.64 Å². The molecule has 0 bridgehead atoms. The van der Waals surface area contributed by atoms with Crippen molar-refractivity contribution in [2.24, 2.45) is 0 Å². The number of pyridine rings is 1. The molecule has 3 aromatic rings. The van der Waals surface area contributed by atoms with Gasteiger partial charge in [-0.15, -0.1) is 0 Å². The summed E-state index contributed by atoms with van der Waals surface area (Å²) < 4.78 is 11.6. The van der Waals surface area contributed by atoms with E-state index < -0.39 is 5.97 Å². The number of piperazine rings is 1. The van der Waals surface area contributed by atoms with Crippen LogP contribution in [0.1, 0.15) is 45.2 Å². The third-order valence-corrected chi connectivity index (χ3v) is 6.73. The molecule has 0 radical (unpaired) electrons. The lowest BCUT2D eigenvalue weighted by Gasteiger charge is -2.37. The van der Waals surface area contributed by atoms with Crippen LogP contribution >= 0.6 is 0 Å². The average molecular weight is 519 g/mol. The van der Waals surface area contributed by atoms with Gasteiger partial charge in [0, 0.05) is 43.7 Å². The Bertz CT molecular complexity index is 1280. The zero-order chi connectivity index (χ0) is 27.2. The number of esters is 1. The van der Waals surface area contributed by atoms with Gasteiger partial charge < -0.3 is 24.2 Å². The third kappa shape index (κ3) is 6.25. The Morgan fingerprint density at radius 2 is 1.66 bits per heavy atom. The van der Waals surface area contributed by atoms with Crippen LogP contribution in [0.4, 0.5) is 5.69 Å². The van der Waals surface area contributed by atoms with E-state index in [1.54, 1.807) is 6.92 Å². The van der Waals surface area contributed by atoms with Crippen LogP contribution in [0, 0.1) is 13.8 Å². The van der Waals surface area contributed by atoms with Crippen LogP contribution in [0.25, 0.3) is 10.9 Å². The Balaban J connectivity index is 1.67. The Morgan fingerprint density at radius 1 is 0.974 bits per heavy atom. The molecule has 1 aliphatic rings. The second kappa shape index (κ2) is 12.3. The molecule has 1 fully saturated rings. The van der Waals surface area contributed by atoms with Crippen molar-refractivity contribution in [2.45, 2.75) is 27.2 Å². The molecule has 2 heterocycles. The lowest BCUT2D eigenvalue weighted by atomic mass is 10.0. The van der Waals surface area contributed by atoms with E-state index in [9.17, 15) is 9.59 Å². The summed E-state index contributed by atoms with van der Waals surface area (Å²) in [6.45, 7) is 9.64. The van der Waals surface area contributed by atoms with Crippen LogP contribution in [-0.4, -0.2) is 86.7 Å². The number of nitrogens with zero attached hydrogens (tertiary/aromatic N) is 4. The van der Waals surface area contributed by atoms with Crippen molar-refractivity contribution in [3.8, 4) is 5.88 Å². The van der Waals surface area contributed by atoms with Gasteiger partial charge in [0.25, 0.3) is 5.91 Å². The molecule has 38 heavy (non-hydrogen) atoms. The first-order valence-corrected chi connectivity index (χ1v) is 13.3. The van der Waals surface area contributed by atoms with Crippen molar-refractivity contribution in [1.82, 2.24) is 14.8 Å². The molecule has 0 spiro atoms. The lowest BCUT2D eigenvalue weighted by Crippen LogP contribution is -2.49. The molecule has 0 aliphatic carbocycles. The van der Waals surface area contributed by atoms with E-state index in [-0.39, 0.29) is 12.5 Å². The molecule has 8 heteroatoms. The predicted octanol–water partition coefficient (Wildman–Crippen LogP) is 4.32. The number of amides is 1. The summed E-state index contributed by atoms with van der Waals surface area (Å²) >= 11 is 0. The van der Waals surface area contributed by atoms with Gasteiger partial charge in [0.05, 0.1) is 24.4 Å². The lowest BCUT2D eigenvalue weighted by molar-refractivity contribution is 0.0520. The Morgan fingerprint density at radius 3 is 2.32 bits per heavy atom. The van der Waals surface area contributed by atoms with Crippen molar-refractivity contribution in [3.05, 3.63) is 64.7 Å². The van der Waals surface area contributed by atoms with E-state index in [2.05, 4.69) is 15.9 Å². The van der Waals surface area contributed by atoms with E-state index in [1.165, 1.54) is 0 Å². The fraction of sp³-hybridized carbons (Fsp3) is 0.433. The van der Waals surface area contributed by atoms with Gasteiger partial charge in [-0.1, -0.05) is 29.3 Å². The molecule has 0 saturated carbocycles. The van der Waals surface area contributed by atoms with E-state index in [1.807, 2.05) is 69.2 Å². The topological polar surface area (TPSA) is 75.2 Å². The Hall–Kier alpha value is -3.65. The number of benzene rings is 2. The standard InChI is InChI=1S/C30H38N4O4/c1-6-37-30(36)26-27(33-15-17-34(18-16-33)29(35)23-11-8-21(2)9-12-23)24-20-22(3)10-13-25(24)31-28(26)38-19-7-14-32(4)5/h8-13,20H,6-7,14-19H2,1-5H3. The smallest absolute Gasteiger partial charge is 0.345 e. The number of aromatic nitrogens is 1. The van der Waals surface area contributed by atoms with Crippen LogP contribution in [0.5, 0.6) is 5.88 Å². The fourth-order valence-corrected chi connectivity index (χ4v) is 4.72. The first-order valence-electron chi connectivity index (χ1n) is 13.3. The van der Waals surface area contributed by atoms with Gasteiger partial charge in [0.15, 0.2) is 0 Å².